The third-order valence-electron chi connectivity index (χ3n) is 6.28. The number of hydrogen-bond acceptors (Lipinski definition) is 6. The van der Waals surface area contributed by atoms with Gasteiger partial charge in [0, 0.05) is 17.5 Å². The predicted octanol–water partition coefficient (Wildman–Crippen LogP) is 5.82. The van der Waals surface area contributed by atoms with Gasteiger partial charge in [0.2, 0.25) is 0 Å². The summed E-state index contributed by atoms with van der Waals surface area (Å²) in [5.74, 6) is -0.861. The van der Waals surface area contributed by atoms with E-state index in [1.807, 2.05) is 48.5 Å². The topological polar surface area (TPSA) is 135 Å². The van der Waals surface area contributed by atoms with Crippen LogP contribution in [-0.4, -0.2) is 31.6 Å². The van der Waals surface area contributed by atoms with Gasteiger partial charge in [-0.3, -0.25) is 4.72 Å². The number of nitrogens with one attached hydrogen (secondary N) is 2. The SMILES string of the molecule is O=C(NC(Cc1cccc(NS(=O)(=O)c2ccccc2)c1)C(=O)O)OCc1cc2cc(-c3ccccc3)ccc2o1. The molecule has 41 heavy (non-hydrogen) atoms. The summed E-state index contributed by atoms with van der Waals surface area (Å²) in [6.07, 6.45) is -1.03. The maximum Gasteiger partial charge on any atom is 0.408 e. The molecule has 0 radical (unpaired) electrons. The van der Waals surface area contributed by atoms with Crippen LogP contribution in [0.1, 0.15) is 11.3 Å². The fourth-order valence-corrected chi connectivity index (χ4v) is 5.38. The molecule has 0 bridgehead atoms. The third-order valence-corrected chi connectivity index (χ3v) is 7.68. The molecule has 0 saturated heterocycles. The minimum absolute atomic E-state index is 0.0966. The number of hydrogen-bond donors (Lipinski definition) is 3. The average molecular weight is 571 g/mol. The number of benzene rings is 4. The van der Waals surface area contributed by atoms with Gasteiger partial charge in [0.05, 0.1) is 4.90 Å². The molecule has 10 heteroatoms. The normalized spacial score (nSPS) is 12.0. The molecule has 5 rings (SSSR count). The minimum Gasteiger partial charge on any atom is -0.480 e. The van der Waals surface area contributed by atoms with E-state index in [1.54, 1.807) is 42.5 Å². The first-order valence-corrected chi connectivity index (χ1v) is 14.2. The van der Waals surface area contributed by atoms with Crippen LogP contribution in [0.4, 0.5) is 10.5 Å². The number of sulfonamides is 1. The van der Waals surface area contributed by atoms with Gasteiger partial charge in [0.15, 0.2) is 6.61 Å². The van der Waals surface area contributed by atoms with Crippen LogP contribution in [0.15, 0.2) is 119 Å². The van der Waals surface area contributed by atoms with E-state index >= 15 is 0 Å². The summed E-state index contributed by atoms with van der Waals surface area (Å²) in [6, 6.07) is 30.3. The van der Waals surface area contributed by atoms with Crippen molar-refractivity contribution in [3.63, 3.8) is 0 Å². The number of fused-ring (bicyclic) bond motifs is 1. The first-order chi connectivity index (χ1) is 19.8. The number of ether oxygens (including phenoxy) is 1. The molecule has 1 atom stereocenters. The van der Waals surface area contributed by atoms with E-state index in [9.17, 15) is 23.1 Å². The Morgan fingerprint density at radius 3 is 2.29 bits per heavy atom. The van der Waals surface area contributed by atoms with Gasteiger partial charge in [-0.2, -0.15) is 0 Å². The van der Waals surface area contributed by atoms with Crippen molar-refractivity contribution >= 4 is 38.7 Å². The van der Waals surface area contributed by atoms with Gasteiger partial charge in [-0.05, 0) is 59.2 Å². The number of aliphatic carboxylic acids is 1. The Bertz CT molecular complexity index is 1790. The zero-order valence-corrected chi connectivity index (χ0v) is 22.5. The van der Waals surface area contributed by atoms with E-state index in [2.05, 4.69) is 10.0 Å². The van der Waals surface area contributed by atoms with Crippen LogP contribution < -0.4 is 10.0 Å². The van der Waals surface area contributed by atoms with E-state index in [4.69, 9.17) is 9.15 Å². The molecule has 0 spiro atoms. The van der Waals surface area contributed by atoms with Gasteiger partial charge in [0.25, 0.3) is 10.0 Å². The first kappa shape index (κ1) is 27.5. The van der Waals surface area contributed by atoms with Gasteiger partial charge in [-0.15, -0.1) is 0 Å². The highest BCUT2D eigenvalue weighted by Crippen LogP contribution is 2.27. The fourth-order valence-electron chi connectivity index (χ4n) is 4.31. The van der Waals surface area contributed by atoms with Crippen LogP contribution in [0.3, 0.4) is 0 Å². The molecule has 0 aliphatic rings. The molecule has 0 saturated carbocycles. The van der Waals surface area contributed by atoms with E-state index in [0.29, 0.717) is 16.9 Å². The lowest BCUT2D eigenvalue weighted by molar-refractivity contribution is -0.139. The molecular weight excluding hydrogens is 544 g/mol. The van der Waals surface area contributed by atoms with E-state index in [0.717, 1.165) is 16.5 Å². The summed E-state index contributed by atoms with van der Waals surface area (Å²) >= 11 is 0. The van der Waals surface area contributed by atoms with Gasteiger partial charge in [-0.1, -0.05) is 66.7 Å². The smallest absolute Gasteiger partial charge is 0.408 e. The molecule has 5 aromatic rings. The van der Waals surface area contributed by atoms with Gasteiger partial charge in [0.1, 0.15) is 17.4 Å². The molecule has 1 unspecified atom stereocenters. The number of carboxylic acid groups (broad SMARTS) is 1. The Morgan fingerprint density at radius 2 is 1.56 bits per heavy atom. The van der Waals surface area contributed by atoms with Crippen molar-refractivity contribution in [2.45, 2.75) is 24.0 Å². The predicted molar refractivity (Wildman–Crippen MR) is 154 cm³/mol. The van der Waals surface area contributed by atoms with Crippen molar-refractivity contribution < 1.29 is 32.3 Å². The Labute approximate surface area is 236 Å². The summed E-state index contributed by atoms with van der Waals surface area (Å²) in [6.45, 7) is -0.190. The summed E-state index contributed by atoms with van der Waals surface area (Å²) in [7, 11) is -3.82. The van der Waals surface area contributed by atoms with E-state index in [1.165, 1.54) is 18.2 Å². The lowest BCUT2D eigenvalue weighted by Gasteiger charge is -2.15. The molecule has 1 heterocycles. The second-order valence-electron chi connectivity index (χ2n) is 9.27. The Balaban J connectivity index is 1.20. The van der Waals surface area contributed by atoms with Gasteiger partial charge < -0.3 is 19.6 Å². The molecule has 3 N–H and O–H groups in total. The average Bonchev–Trinajstić information content (AvgIpc) is 3.39. The summed E-state index contributed by atoms with van der Waals surface area (Å²) < 4.78 is 38.7. The number of alkyl carbamates (subject to hydrolysis) is 1. The highest BCUT2D eigenvalue weighted by atomic mass is 32.2. The zero-order chi connectivity index (χ0) is 28.8. The fraction of sp³-hybridized carbons (Fsp3) is 0.0968. The molecule has 0 aliphatic heterocycles. The molecule has 1 amide bonds. The number of rotatable bonds is 10. The Kier molecular flexibility index (Phi) is 8.02. The zero-order valence-electron chi connectivity index (χ0n) is 21.7. The van der Waals surface area contributed by atoms with Crippen LogP contribution in [0.5, 0.6) is 0 Å². The number of furan rings is 1. The number of carbonyl (C=O) groups is 2. The van der Waals surface area contributed by atoms with Crippen molar-refractivity contribution in [2.24, 2.45) is 0 Å². The maximum absolute atomic E-state index is 12.6. The van der Waals surface area contributed by atoms with Crippen molar-refractivity contribution in [2.75, 3.05) is 4.72 Å². The second-order valence-corrected chi connectivity index (χ2v) is 10.9. The lowest BCUT2D eigenvalue weighted by Crippen LogP contribution is -2.42. The molecule has 208 valence electrons. The van der Waals surface area contributed by atoms with Gasteiger partial charge >= 0.3 is 12.1 Å². The van der Waals surface area contributed by atoms with Crippen LogP contribution >= 0.6 is 0 Å². The number of carbonyl (C=O) groups excluding carboxylic acids is 1. The molecule has 0 aliphatic carbocycles. The largest absolute Gasteiger partial charge is 0.480 e. The summed E-state index contributed by atoms with van der Waals surface area (Å²) in [4.78, 5) is 24.4. The third kappa shape index (κ3) is 6.92. The van der Waals surface area contributed by atoms with Crippen molar-refractivity contribution in [1.29, 1.82) is 0 Å². The van der Waals surface area contributed by atoms with Gasteiger partial charge in [-0.25, -0.2) is 18.0 Å². The van der Waals surface area contributed by atoms with Crippen LogP contribution in [-0.2, 0) is 32.6 Å². The lowest BCUT2D eigenvalue weighted by atomic mass is 10.0. The van der Waals surface area contributed by atoms with Crippen LogP contribution in [0.25, 0.3) is 22.1 Å². The molecule has 4 aromatic carbocycles. The standard InChI is InChI=1S/C31H26N2O7S/c34-30(35)28(17-21-8-7-11-25(16-21)33-41(37,38)27-12-5-2-6-13-27)32-31(36)39-20-26-19-24-18-23(14-15-29(24)40-26)22-9-3-1-4-10-22/h1-16,18-19,28,33H,17,20H2,(H,32,36)(H,34,35). The Hall–Kier alpha value is -5.09. The van der Waals surface area contributed by atoms with Crippen LogP contribution in [0, 0.1) is 0 Å². The number of amides is 1. The van der Waals surface area contributed by atoms with E-state index < -0.39 is 28.1 Å². The summed E-state index contributed by atoms with van der Waals surface area (Å²) in [5.41, 5.74) is 3.47. The molecule has 1 aromatic heterocycles. The number of carboxylic acids is 1. The minimum atomic E-state index is -3.82. The Morgan fingerprint density at radius 1 is 0.829 bits per heavy atom. The van der Waals surface area contributed by atoms with Crippen LogP contribution in [0.2, 0.25) is 0 Å². The maximum atomic E-state index is 12.6. The summed E-state index contributed by atoms with van der Waals surface area (Å²) in [5, 5.41) is 12.9. The highest BCUT2D eigenvalue weighted by molar-refractivity contribution is 7.92. The highest BCUT2D eigenvalue weighted by Gasteiger charge is 2.22. The second kappa shape index (κ2) is 12.0. The van der Waals surface area contributed by atoms with Crippen molar-refractivity contribution in [1.82, 2.24) is 5.32 Å². The molecule has 0 fully saturated rings. The molecule has 9 nitrogen and oxygen atoms in total. The van der Waals surface area contributed by atoms with Crippen molar-refractivity contribution in [3.8, 4) is 11.1 Å². The van der Waals surface area contributed by atoms with E-state index in [-0.39, 0.29) is 23.6 Å². The first-order valence-electron chi connectivity index (χ1n) is 12.7. The quantitative estimate of drug-likeness (QED) is 0.192. The monoisotopic (exact) mass is 570 g/mol. The number of anilines is 1. The van der Waals surface area contributed by atoms with Crippen molar-refractivity contribution in [3.05, 3.63) is 121 Å². The molecular formula is C31H26N2O7S.